The third kappa shape index (κ3) is 4.51. The smallest absolute Gasteiger partial charge is 0.186 e. The highest BCUT2D eigenvalue weighted by Crippen LogP contribution is 2.29. The molecule has 0 saturated carbocycles. The lowest BCUT2D eigenvalue weighted by Crippen LogP contribution is -2.09. The Hall–Kier alpha value is -2.44. The minimum Gasteiger partial charge on any atom is -0.489 e. The second-order valence-corrected chi connectivity index (χ2v) is 8.58. The molecule has 3 aromatic rings. The van der Waals surface area contributed by atoms with Gasteiger partial charge < -0.3 is 4.74 Å². The number of rotatable bonds is 6. The van der Waals surface area contributed by atoms with Gasteiger partial charge in [-0.25, -0.2) is 0 Å². The molecule has 1 atom stereocenters. The summed E-state index contributed by atoms with van der Waals surface area (Å²) in [4.78, 5) is 13.0. The van der Waals surface area contributed by atoms with Crippen LogP contribution in [0.15, 0.2) is 54.6 Å². The summed E-state index contributed by atoms with van der Waals surface area (Å²) in [5.41, 5.74) is 7.95. The summed E-state index contributed by atoms with van der Waals surface area (Å²) < 4.78 is 5.90. The van der Waals surface area contributed by atoms with Crippen molar-refractivity contribution in [3.63, 3.8) is 0 Å². The SMILES string of the molecule is Cc1cc(OCc2ccccc2)ccc1PC(=O)c1c(C)cc(C)c(C)c1C. The van der Waals surface area contributed by atoms with Gasteiger partial charge in [0, 0.05) is 5.56 Å². The molecule has 28 heavy (non-hydrogen) atoms. The molecule has 0 aliphatic heterocycles. The average molecular weight is 390 g/mol. The number of aryl methyl sites for hydroxylation is 3. The predicted molar refractivity (Wildman–Crippen MR) is 120 cm³/mol. The Labute approximate surface area is 169 Å². The predicted octanol–water partition coefficient (Wildman–Crippen LogP) is 5.95. The van der Waals surface area contributed by atoms with Gasteiger partial charge in [0.25, 0.3) is 0 Å². The van der Waals surface area contributed by atoms with Crippen LogP contribution in [-0.2, 0) is 6.61 Å². The molecule has 2 nitrogen and oxygen atoms in total. The van der Waals surface area contributed by atoms with Crippen LogP contribution < -0.4 is 10.0 Å². The normalized spacial score (nSPS) is 11.2. The van der Waals surface area contributed by atoms with Crippen molar-refractivity contribution in [1.82, 2.24) is 0 Å². The van der Waals surface area contributed by atoms with E-state index in [0.717, 1.165) is 38.9 Å². The number of hydrogen-bond donors (Lipinski definition) is 0. The number of hydrogen-bond acceptors (Lipinski definition) is 2. The Balaban J connectivity index is 1.75. The lowest BCUT2D eigenvalue weighted by atomic mass is 9.95. The van der Waals surface area contributed by atoms with Crippen molar-refractivity contribution in [2.75, 3.05) is 0 Å². The van der Waals surface area contributed by atoms with Gasteiger partial charge >= 0.3 is 0 Å². The number of carbonyl (C=O) groups is 1. The van der Waals surface area contributed by atoms with E-state index in [4.69, 9.17) is 4.74 Å². The van der Waals surface area contributed by atoms with Crippen LogP contribution in [0, 0.1) is 34.6 Å². The van der Waals surface area contributed by atoms with E-state index in [1.807, 2.05) is 50.2 Å². The number of carbonyl (C=O) groups excluding carboxylic acids is 1. The number of ether oxygens (including phenoxy) is 1. The third-order valence-corrected chi connectivity index (χ3v) is 6.59. The molecule has 0 spiro atoms. The highest BCUT2D eigenvalue weighted by atomic mass is 31.1. The Morgan fingerprint density at radius 2 is 1.54 bits per heavy atom. The second kappa shape index (κ2) is 8.71. The van der Waals surface area contributed by atoms with Gasteiger partial charge in [0.1, 0.15) is 12.4 Å². The lowest BCUT2D eigenvalue weighted by molar-refractivity contribution is 0.108. The van der Waals surface area contributed by atoms with Crippen molar-refractivity contribution >= 4 is 19.4 Å². The first-order valence-electron chi connectivity index (χ1n) is 9.53. The lowest BCUT2D eigenvalue weighted by Gasteiger charge is -2.15. The van der Waals surface area contributed by atoms with Crippen LogP contribution in [0.5, 0.6) is 5.75 Å². The van der Waals surface area contributed by atoms with Gasteiger partial charge in [0.15, 0.2) is 5.52 Å². The molecular weight excluding hydrogens is 363 g/mol. The van der Waals surface area contributed by atoms with Crippen LogP contribution in [0.3, 0.4) is 0 Å². The molecule has 0 radical (unpaired) electrons. The molecule has 0 bridgehead atoms. The molecule has 0 N–H and O–H groups in total. The largest absolute Gasteiger partial charge is 0.489 e. The van der Waals surface area contributed by atoms with E-state index in [0.29, 0.717) is 6.61 Å². The van der Waals surface area contributed by atoms with Crippen molar-refractivity contribution in [2.24, 2.45) is 0 Å². The van der Waals surface area contributed by atoms with Crippen molar-refractivity contribution in [3.05, 3.63) is 93.5 Å². The zero-order valence-corrected chi connectivity index (χ0v) is 18.2. The van der Waals surface area contributed by atoms with Gasteiger partial charge in [-0.05, 0) is 94.0 Å². The first kappa shape index (κ1) is 20.3. The van der Waals surface area contributed by atoms with Crippen LogP contribution in [-0.4, -0.2) is 5.52 Å². The van der Waals surface area contributed by atoms with Crippen molar-refractivity contribution < 1.29 is 9.53 Å². The summed E-state index contributed by atoms with van der Waals surface area (Å²) in [6.45, 7) is 10.9. The standard InChI is InChI=1S/C25H27O2P/c1-16-13-18(3)24(20(5)19(16)4)25(26)28-23-12-11-22(14-17(23)2)27-15-21-9-7-6-8-10-21/h6-14,28H,15H2,1-5H3. The van der Waals surface area contributed by atoms with E-state index in [2.05, 4.69) is 39.0 Å². The molecule has 1 unspecified atom stereocenters. The summed E-state index contributed by atoms with van der Waals surface area (Å²) in [6.07, 6.45) is 0. The van der Waals surface area contributed by atoms with Gasteiger partial charge in [-0.1, -0.05) is 42.5 Å². The van der Waals surface area contributed by atoms with Gasteiger partial charge in [-0.3, -0.25) is 4.79 Å². The van der Waals surface area contributed by atoms with E-state index in [1.54, 1.807) is 0 Å². The van der Waals surface area contributed by atoms with Crippen LogP contribution in [0.4, 0.5) is 0 Å². The maximum atomic E-state index is 13.0. The Kier molecular flexibility index (Phi) is 6.31. The molecule has 0 heterocycles. The minimum absolute atomic E-state index is 0.117. The first-order chi connectivity index (χ1) is 13.4. The zero-order chi connectivity index (χ0) is 20.3. The van der Waals surface area contributed by atoms with Gasteiger partial charge in [0.2, 0.25) is 0 Å². The summed E-state index contributed by atoms with van der Waals surface area (Å²) >= 11 is 0. The van der Waals surface area contributed by atoms with Crippen molar-refractivity contribution in [2.45, 2.75) is 41.2 Å². The van der Waals surface area contributed by atoms with Crippen LogP contribution >= 0.6 is 8.58 Å². The molecule has 0 saturated heterocycles. The van der Waals surface area contributed by atoms with Crippen molar-refractivity contribution in [3.8, 4) is 5.75 Å². The minimum atomic E-state index is 0.117. The van der Waals surface area contributed by atoms with E-state index in [-0.39, 0.29) is 14.1 Å². The molecule has 0 amide bonds. The fourth-order valence-corrected chi connectivity index (χ4v) is 4.62. The summed E-state index contributed by atoms with van der Waals surface area (Å²) in [6, 6.07) is 18.3. The monoisotopic (exact) mass is 390 g/mol. The summed E-state index contributed by atoms with van der Waals surface area (Å²) in [5.74, 6) is 0.834. The van der Waals surface area contributed by atoms with E-state index >= 15 is 0 Å². The molecule has 0 aromatic heterocycles. The topological polar surface area (TPSA) is 26.3 Å². The van der Waals surface area contributed by atoms with E-state index < -0.39 is 0 Å². The fourth-order valence-electron chi connectivity index (χ4n) is 3.43. The Morgan fingerprint density at radius 3 is 2.21 bits per heavy atom. The first-order valence-corrected chi connectivity index (χ1v) is 10.5. The van der Waals surface area contributed by atoms with Gasteiger partial charge in [-0.15, -0.1) is 0 Å². The summed E-state index contributed by atoms with van der Waals surface area (Å²) in [5, 5.41) is 1.08. The molecule has 0 aliphatic carbocycles. The molecule has 3 rings (SSSR count). The molecule has 0 aliphatic rings. The molecule has 144 valence electrons. The zero-order valence-electron chi connectivity index (χ0n) is 17.2. The van der Waals surface area contributed by atoms with Crippen molar-refractivity contribution in [1.29, 1.82) is 0 Å². The molecule has 0 fully saturated rings. The Bertz CT molecular complexity index is 1010. The van der Waals surface area contributed by atoms with E-state index in [9.17, 15) is 4.79 Å². The summed E-state index contributed by atoms with van der Waals surface area (Å²) in [7, 11) is 0.117. The second-order valence-electron chi connectivity index (χ2n) is 7.34. The maximum Gasteiger partial charge on any atom is 0.186 e. The highest BCUT2D eigenvalue weighted by Gasteiger charge is 2.17. The highest BCUT2D eigenvalue weighted by molar-refractivity contribution is 7.66. The average Bonchev–Trinajstić information content (AvgIpc) is 2.67. The molecular formula is C25H27O2P. The Morgan fingerprint density at radius 1 is 0.821 bits per heavy atom. The quantitative estimate of drug-likeness (QED) is 0.486. The third-order valence-electron chi connectivity index (χ3n) is 5.28. The van der Waals surface area contributed by atoms with E-state index in [1.165, 1.54) is 11.1 Å². The fraction of sp³-hybridized carbons (Fsp3) is 0.240. The number of benzene rings is 3. The molecule has 3 heteroatoms. The van der Waals surface area contributed by atoms with Crippen LogP contribution in [0.25, 0.3) is 0 Å². The maximum absolute atomic E-state index is 13.0. The van der Waals surface area contributed by atoms with Crippen LogP contribution in [0.1, 0.15) is 43.7 Å². The van der Waals surface area contributed by atoms with Crippen LogP contribution in [0.2, 0.25) is 0 Å². The van der Waals surface area contributed by atoms with Gasteiger partial charge in [0.05, 0.1) is 0 Å². The molecule has 3 aromatic carbocycles. The van der Waals surface area contributed by atoms with Gasteiger partial charge in [-0.2, -0.15) is 0 Å².